The van der Waals surface area contributed by atoms with E-state index in [-0.39, 0.29) is 5.78 Å². The predicted molar refractivity (Wildman–Crippen MR) is 81.7 cm³/mol. The molecule has 4 heteroatoms. The van der Waals surface area contributed by atoms with Crippen LogP contribution >= 0.6 is 0 Å². The Morgan fingerprint density at radius 3 is 2.76 bits per heavy atom. The first-order valence-electron chi connectivity index (χ1n) is 6.86. The normalized spacial score (nSPS) is 18.8. The van der Waals surface area contributed by atoms with Gasteiger partial charge in [0.25, 0.3) is 0 Å². The second-order valence-electron chi connectivity index (χ2n) is 5.26. The molecule has 4 rings (SSSR count). The highest BCUT2D eigenvalue weighted by Gasteiger charge is 2.33. The standard InChI is InChI=1S/C17H14N2O2/c1-10-6-7-15-11(8-10)16(20)12-9-18-13-4-2-3-5-14(13)19-17(12)21-15/h2-9,17-19H,1H3/t17-/m1/s1. The van der Waals surface area contributed by atoms with Crippen molar-refractivity contribution >= 4 is 17.2 Å². The van der Waals surface area contributed by atoms with Crippen molar-refractivity contribution in [3.63, 3.8) is 0 Å². The fourth-order valence-electron chi connectivity index (χ4n) is 2.67. The molecule has 0 spiro atoms. The summed E-state index contributed by atoms with van der Waals surface area (Å²) in [6.45, 7) is 1.97. The van der Waals surface area contributed by atoms with E-state index in [9.17, 15) is 4.79 Å². The largest absolute Gasteiger partial charge is 0.466 e. The van der Waals surface area contributed by atoms with Gasteiger partial charge in [-0.3, -0.25) is 4.79 Å². The lowest BCUT2D eigenvalue weighted by molar-refractivity contribution is 0.0974. The third-order valence-corrected chi connectivity index (χ3v) is 3.77. The van der Waals surface area contributed by atoms with Crippen LogP contribution in [0.3, 0.4) is 0 Å². The van der Waals surface area contributed by atoms with Crippen molar-refractivity contribution in [3.8, 4) is 5.75 Å². The molecule has 0 saturated carbocycles. The molecular weight excluding hydrogens is 264 g/mol. The number of fused-ring (bicyclic) bond motifs is 3. The molecule has 2 aromatic rings. The first-order chi connectivity index (χ1) is 10.2. The molecule has 2 aliphatic heterocycles. The summed E-state index contributed by atoms with van der Waals surface area (Å²) >= 11 is 0. The van der Waals surface area contributed by atoms with Crippen molar-refractivity contribution in [2.45, 2.75) is 13.2 Å². The monoisotopic (exact) mass is 278 g/mol. The molecule has 0 bridgehead atoms. The van der Waals surface area contributed by atoms with Crippen LogP contribution < -0.4 is 15.4 Å². The van der Waals surface area contributed by atoms with Crippen molar-refractivity contribution < 1.29 is 9.53 Å². The molecule has 2 aromatic carbocycles. The first-order valence-corrected chi connectivity index (χ1v) is 6.86. The van der Waals surface area contributed by atoms with Crippen molar-refractivity contribution in [2.75, 3.05) is 10.6 Å². The van der Waals surface area contributed by atoms with Gasteiger partial charge in [0, 0.05) is 6.20 Å². The zero-order chi connectivity index (χ0) is 14.4. The highest BCUT2D eigenvalue weighted by Crippen LogP contribution is 2.35. The summed E-state index contributed by atoms with van der Waals surface area (Å²) < 4.78 is 5.96. The molecule has 0 saturated heterocycles. The Hall–Kier alpha value is -2.75. The summed E-state index contributed by atoms with van der Waals surface area (Å²) in [4.78, 5) is 12.7. The number of benzene rings is 2. The topological polar surface area (TPSA) is 50.4 Å². The Labute approximate surface area is 122 Å². The van der Waals surface area contributed by atoms with E-state index in [1.165, 1.54) is 0 Å². The minimum absolute atomic E-state index is 0.00208. The van der Waals surface area contributed by atoms with Gasteiger partial charge in [0.1, 0.15) is 5.75 Å². The minimum atomic E-state index is -0.469. The second kappa shape index (κ2) is 4.38. The van der Waals surface area contributed by atoms with Crippen molar-refractivity contribution in [1.82, 2.24) is 0 Å². The number of anilines is 2. The summed E-state index contributed by atoms with van der Waals surface area (Å²) in [6.07, 6.45) is 1.26. The molecule has 0 aliphatic carbocycles. The average molecular weight is 278 g/mol. The summed E-state index contributed by atoms with van der Waals surface area (Å²) in [5.74, 6) is 0.623. The van der Waals surface area contributed by atoms with Crippen LogP contribution in [0.1, 0.15) is 15.9 Å². The highest BCUT2D eigenvalue weighted by molar-refractivity contribution is 6.13. The van der Waals surface area contributed by atoms with Crippen LogP contribution in [0.5, 0.6) is 5.75 Å². The average Bonchev–Trinajstić information content (AvgIpc) is 2.67. The summed E-state index contributed by atoms with van der Waals surface area (Å²) in [7, 11) is 0. The number of nitrogens with one attached hydrogen (secondary N) is 2. The maximum atomic E-state index is 12.7. The predicted octanol–water partition coefficient (Wildman–Crippen LogP) is 3.32. The van der Waals surface area contributed by atoms with Gasteiger partial charge in [0.2, 0.25) is 6.23 Å². The van der Waals surface area contributed by atoms with E-state index in [1.807, 2.05) is 49.4 Å². The molecule has 21 heavy (non-hydrogen) atoms. The zero-order valence-electron chi connectivity index (χ0n) is 11.5. The van der Waals surface area contributed by atoms with Gasteiger partial charge in [-0.1, -0.05) is 23.8 Å². The van der Waals surface area contributed by atoms with E-state index in [4.69, 9.17) is 4.74 Å². The van der Waals surface area contributed by atoms with Crippen LogP contribution in [0.4, 0.5) is 11.4 Å². The summed E-state index contributed by atoms with van der Waals surface area (Å²) in [5, 5.41) is 6.45. The van der Waals surface area contributed by atoms with Crippen molar-refractivity contribution in [2.24, 2.45) is 0 Å². The zero-order valence-corrected chi connectivity index (χ0v) is 11.5. The fourth-order valence-corrected chi connectivity index (χ4v) is 2.67. The van der Waals surface area contributed by atoms with Gasteiger partial charge in [-0.05, 0) is 31.2 Å². The van der Waals surface area contributed by atoms with Gasteiger partial charge < -0.3 is 15.4 Å². The van der Waals surface area contributed by atoms with E-state index >= 15 is 0 Å². The third-order valence-electron chi connectivity index (χ3n) is 3.77. The van der Waals surface area contributed by atoms with E-state index in [0.29, 0.717) is 16.9 Å². The summed E-state index contributed by atoms with van der Waals surface area (Å²) in [6, 6.07) is 13.5. The van der Waals surface area contributed by atoms with Crippen LogP contribution in [0.2, 0.25) is 0 Å². The Morgan fingerprint density at radius 2 is 1.90 bits per heavy atom. The van der Waals surface area contributed by atoms with Crippen LogP contribution in [0.15, 0.2) is 54.2 Å². The number of rotatable bonds is 0. The molecule has 2 heterocycles. The molecule has 0 unspecified atom stereocenters. The number of para-hydroxylation sites is 2. The van der Waals surface area contributed by atoms with Crippen LogP contribution in [0, 0.1) is 6.92 Å². The molecule has 0 amide bonds. The van der Waals surface area contributed by atoms with Gasteiger partial charge >= 0.3 is 0 Å². The second-order valence-corrected chi connectivity index (χ2v) is 5.26. The number of hydrogen-bond acceptors (Lipinski definition) is 4. The quantitative estimate of drug-likeness (QED) is 0.776. The van der Waals surface area contributed by atoms with E-state index < -0.39 is 6.23 Å². The third kappa shape index (κ3) is 1.88. The Bertz CT molecular complexity index is 780. The number of ketones is 1. The van der Waals surface area contributed by atoms with Gasteiger partial charge in [-0.15, -0.1) is 0 Å². The maximum Gasteiger partial charge on any atom is 0.201 e. The minimum Gasteiger partial charge on any atom is -0.466 e. The van der Waals surface area contributed by atoms with Crippen LogP contribution in [0.25, 0.3) is 0 Å². The number of ether oxygens (including phenoxy) is 1. The maximum absolute atomic E-state index is 12.7. The number of carbonyl (C=O) groups excluding carboxylic acids is 1. The van der Waals surface area contributed by atoms with Crippen LogP contribution in [-0.4, -0.2) is 12.0 Å². The van der Waals surface area contributed by atoms with Gasteiger partial charge in [0.05, 0.1) is 22.5 Å². The lowest BCUT2D eigenvalue weighted by Crippen LogP contribution is -2.36. The smallest absolute Gasteiger partial charge is 0.201 e. The number of Topliss-reactive ketones (excluding diaryl/α,β-unsaturated/α-hetero) is 1. The SMILES string of the molecule is Cc1ccc2c(c1)C(=O)C1=CNc3ccccc3N[C@@H]1O2. The highest BCUT2D eigenvalue weighted by atomic mass is 16.5. The molecule has 0 fully saturated rings. The number of hydrogen-bond donors (Lipinski definition) is 2. The van der Waals surface area contributed by atoms with E-state index in [0.717, 1.165) is 16.9 Å². The molecule has 0 aromatic heterocycles. The van der Waals surface area contributed by atoms with Gasteiger partial charge in [0.15, 0.2) is 5.78 Å². The molecular formula is C17H14N2O2. The Morgan fingerprint density at radius 1 is 1.10 bits per heavy atom. The Balaban J connectivity index is 1.81. The van der Waals surface area contributed by atoms with Crippen LogP contribution in [-0.2, 0) is 0 Å². The van der Waals surface area contributed by atoms with E-state index in [2.05, 4.69) is 10.6 Å². The lowest BCUT2D eigenvalue weighted by Gasteiger charge is -2.27. The molecule has 0 radical (unpaired) electrons. The van der Waals surface area contributed by atoms with Gasteiger partial charge in [-0.25, -0.2) is 0 Å². The molecule has 2 N–H and O–H groups in total. The molecule has 4 nitrogen and oxygen atoms in total. The first kappa shape index (κ1) is 12.0. The van der Waals surface area contributed by atoms with E-state index in [1.54, 1.807) is 6.20 Å². The lowest BCUT2D eigenvalue weighted by atomic mass is 9.97. The number of aryl methyl sites for hydroxylation is 1. The fraction of sp³-hybridized carbons (Fsp3) is 0.118. The summed E-state index contributed by atoms with van der Waals surface area (Å²) in [5.41, 5.74) is 4.09. The molecule has 2 aliphatic rings. The molecule has 1 atom stereocenters. The number of carbonyl (C=O) groups is 1. The molecule has 104 valence electrons. The van der Waals surface area contributed by atoms with Gasteiger partial charge in [-0.2, -0.15) is 0 Å². The van der Waals surface area contributed by atoms with Crippen molar-refractivity contribution in [3.05, 3.63) is 65.4 Å². The van der Waals surface area contributed by atoms with Crippen molar-refractivity contribution in [1.29, 1.82) is 0 Å². The Kier molecular flexibility index (Phi) is 2.51.